The Morgan fingerprint density at radius 3 is 2.08 bits per heavy atom. The molecule has 4 aromatic rings. The van der Waals surface area contributed by atoms with Gasteiger partial charge in [-0.25, -0.2) is 13.4 Å². The second-order valence-electron chi connectivity index (χ2n) is 8.39. The van der Waals surface area contributed by atoms with E-state index in [2.05, 4.69) is 9.71 Å². The molecule has 1 aliphatic rings. The Labute approximate surface area is 210 Å². The Morgan fingerprint density at radius 2 is 1.39 bits per heavy atom. The smallest absolute Gasteiger partial charge is 0.263 e. The number of carbonyl (C=O) groups excluding carboxylic acids is 1. The molecule has 1 amide bonds. The molecule has 36 heavy (non-hydrogen) atoms. The Morgan fingerprint density at radius 1 is 0.750 bits per heavy atom. The fraction of sp³-hybridized carbons (Fsp3) is 0.143. The first-order chi connectivity index (χ1) is 17.5. The normalized spacial score (nSPS) is 13.8. The maximum absolute atomic E-state index is 13.0. The highest BCUT2D eigenvalue weighted by Gasteiger charge is 2.19. The summed E-state index contributed by atoms with van der Waals surface area (Å²) in [5.74, 6) is 0.186. The summed E-state index contributed by atoms with van der Waals surface area (Å²) < 4.78 is 33.8. The summed E-state index contributed by atoms with van der Waals surface area (Å²) in [6, 6.07) is 28.8. The van der Waals surface area contributed by atoms with Crippen LogP contribution in [0.4, 0.5) is 5.82 Å². The third-order valence-corrected chi connectivity index (χ3v) is 7.36. The zero-order valence-corrected chi connectivity index (χ0v) is 20.3. The second kappa shape index (κ2) is 10.3. The molecule has 1 fully saturated rings. The van der Waals surface area contributed by atoms with Gasteiger partial charge in [-0.1, -0.05) is 60.7 Å². The van der Waals surface area contributed by atoms with Crippen molar-refractivity contribution in [1.82, 2.24) is 9.88 Å². The van der Waals surface area contributed by atoms with Crippen molar-refractivity contribution in [3.05, 3.63) is 103 Å². The summed E-state index contributed by atoms with van der Waals surface area (Å²) >= 11 is 0. The van der Waals surface area contributed by atoms with E-state index in [0.29, 0.717) is 37.6 Å². The minimum atomic E-state index is -3.81. The number of sulfonamides is 1. The number of ether oxygens (including phenoxy) is 1. The SMILES string of the molecule is O=C(c1ccc(-c2cccc(NS(=O)(=O)c3ccc(-c4ccccc4)cc3)n2)cc1)N1CCOCC1. The van der Waals surface area contributed by atoms with Crippen molar-refractivity contribution in [3.63, 3.8) is 0 Å². The Bertz CT molecular complexity index is 1450. The van der Waals surface area contributed by atoms with Crippen LogP contribution in [0, 0.1) is 0 Å². The highest BCUT2D eigenvalue weighted by molar-refractivity contribution is 7.92. The molecule has 0 saturated carbocycles. The average molecular weight is 500 g/mol. The molecular formula is C28H25N3O4S. The monoisotopic (exact) mass is 499 g/mol. The average Bonchev–Trinajstić information content (AvgIpc) is 2.94. The summed E-state index contributed by atoms with van der Waals surface area (Å²) in [6.07, 6.45) is 0. The van der Waals surface area contributed by atoms with Crippen LogP contribution in [0.5, 0.6) is 0 Å². The first kappa shape index (κ1) is 23.7. The Hall–Kier alpha value is -4.01. The third kappa shape index (κ3) is 5.30. The number of nitrogens with zero attached hydrogens (tertiary/aromatic N) is 2. The zero-order valence-electron chi connectivity index (χ0n) is 19.5. The van der Waals surface area contributed by atoms with Gasteiger partial charge in [-0.05, 0) is 47.5 Å². The molecule has 1 aromatic heterocycles. The minimum Gasteiger partial charge on any atom is -0.378 e. The van der Waals surface area contributed by atoms with Gasteiger partial charge >= 0.3 is 0 Å². The Balaban J connectivity index is 1.30. The summed E-state index contributed by atoms with van der Waals surface area (Å²) in [4.78, 5) is 19.1. The quantitative estimate of drug-likeness (QED) is 0.416. The van der Waals surface area contributed by atoms with Crippen LogP contribution in [0.2, 0.25) is 0 Å². The standard InChI is InChI=1S/C28H25N3O4S/c32-28(31-17-19-35-20-18-31)24-11-9-23(10-12-24)26-7-4-8-27(29-26)30-36(33,34)25-15-13-22(14-16-25)21-5-2-1-3-6-21/h1-16H,17-20H2,(H,29,30). The van der Waals surface area contributed by atoms with Crippen LogP contribution in [0.3, 0.4) is 0 Å². The lowest BCUT2D eigenvalue weighted by atomic mass is 10.1. The molecule has 5 rings (SSSR count). The van der Waals surface area contributed by atoms with Crippen LogP contribution in [0.25, 0.3) is 22.4 Å². The number of aromatic nitrogens is 1. The first-order valence-electron chi connectivity index (χ1n) is 11.6. The predicted molar refractivity (Wildman–Crippen MR) is 139 cm³/mol. The number of anilines is 1. The molecule has 1 saturated heterocycles. The Kier molecular flexibility index (Phi) is 6.79. The first-order valence-corrected chi connectivity index (χ1v) is 13.1. The van der Waals surface area contributed by atoms with Gasteiger partial charge in [0.15, 0.2) is 0 Å². The van der Waals surface area contributed by atoms with Crippen LogP contribution >= 0.6 is 0 Å². The van der Waals surface area contributed by atoms with Crippen molar-refractivity contribution in [2.45, 2.75) is 4.90 Å². The van der Waals surface area contributed by atoms with Crippen molar-refractivity contribution in [3.8, 4) is 22.4 Å². The van der Waals surface area contributed by atoms with Gasteiger partial charge in [-0.15, -0.1) is 0 Å². The van der Waals surface area contributed by atoms with E-state index in [9.17, 15) is 13.2 Å². The van der Waals surface area contributed by atoms with E-state index in [4.69, 9.17) is 4.74 Å². The maximum Gasteiger partial charge on any atom is 0.263 e. The van der Waals surface area contributed by atoms with E-state index < -0.39 is 10.0 Å². The molecular weight excluding hydrogens is 474 g/mol. The fourth-order valence-corrected chi connectivity index (χ4v) is 5.04. The predicted octanol–water partition coefficient (Wildman–Crippen LogP) is 4.69. The van der Waals surface area contributed by atoms with Crippen LogP contribution in [0.15, 0.2) is 102 Å². The number of nitrogens with one attached hydrogen (secondary N) is 1. The van der Waals surface area contributed by atoms with Crippen LogP contribution < -0.4 is 4.72 Å². The number of rotatable bonds is 6. The van der Waals surface area contributed by atoms with Gasteiger partial charge in [-0.2, -0.15) is 0 Å². The van der Waals surface area contributed by atoms with Gasteiger partial charge in [0.05, 0.1) is 23.8 Å². The van der Waals surface area contributed by atoms with Crippen molar-refractivity contribution in [2.75, 3.05) is 31.0 Å². The van der Waals surface area contributed by atoms with Gasteiger partial charge < -0.3 is 9.64 Å². The highest BCUT2D eigenvalue weighted by atomic mass is 32.2. The van der Waals surface area contributed by atoms with Crippen LogP contribution in [0.1, 0.15) is 10.4 Å². The van der Waals surface area contributed by atoms with Crippen molar-refractivity contribution < 1.29 is 17.9 Å². The molecule has 3 aromatic carbocycles. The molecule has 0 spiro atoms. The minimum absolute atomic E-state index is 0.0300. The molecule has 0 bridgehead atoms. The largest absolute Gasteiger partial charge is 0.378 e. The molecule has 0 atom stereocenters. The lowest BCUT2D eigenvalue weighted by Crippen LogP contribution is -2.40. The summed E-state index contributed by atoms with van der Waals surface area (Å²) in [7, 11) is -3.81. The summed E-state index contributed by atoms with van der Waals surface area (Å²) in [6.45, 7) is 2.26. The van der Waals surface area contributed by atoms with Crippen molar-refractivity contribution in [2.24, 2.45) is 0 Å². The highest BCUT2D eigenvalue weighted by Crippen LogP contribution is 2.24. The molecule has 0 aliphatic carbocycles. The van der Waals surface area contributed by atoms with Crippen molar-refractivity contribution >= 4 is 21.7 Å². The fourth-order valence-electron chi connectivity index (χ4n) is 4.04. The van der Waals surface area contributed by atoms with Gasteiger partial charge in [0.2, 0.25) is 0 Å². The number of morpholine rings is 1. The number of hydrogen-bond acceptors (Lipinski definition) is 5. The molecule has 182 valence electrons. The lowest BCUT2D eigenvalue weighted by molar-refractivity contribution is 0.0303. The van der Waals surface area contributed by atoms with Gasteiger partial charge in [0.25, 0.3) is 15.9 Å². The molecule has 1 aliphatic heterocycles. The third-order valence-electron chi connectivity index (χ3n) is 5.99. The molecule has 2 heterocycles. The molecule has 8 heteroatoms. The van der Waals surface area contributed by atoms with E-state index in [1.54, 1.807) is 59.5 Å². The number of carbonyl (C=O) groups is 1. The molecule has 1 N–H and O–H groups in total. The van der Waals surface area contributed by atoms with Gasteiger partial charge in [0.1, 0.15) is 5.82 Å². The topological polar surface area (TPSA) is 88.6 Å². The number of benzene rings is 3. The van der Waals surface area contributed by atoms with Crippen LogP contribution in [-0.4, -0.2) is 50.5 Å². The van der Waals surface area contributed by atoms with E-state index in [0.717, 1.165) is 16.7 Å². The van der Waals surface area contributed by atoms with Crippen LogP contribution in [-0.2, 0) is 14.8 Å². The van der Waals surface area contributed by atoms with E-state index in [1.165, 1.54) is 0 Å². The number of amides is 1. The zero-order chi connectivity index (χ0) is 25.0. The molecule has 0 unspecified atom stereocenters. The summed E-state index contributed by atoms with van der Waals surface area (Å²) in [5, 5.41) is 0. The van der Waals surface area contributed by atoms with Gasteiger partial charge in [0, 0.05) is 24.2 Å². The van der Waals surface area contributed by atoms with Gasteiger partial charge in [-0.3, -0.25) is 9.52 Å². The second-order valence-corrected chi connectivity index (χ2v) is 10.1. The molecule has 0 radical (unpaired) electrons. The maximum atomic E-state index is 13.0. The molecule has 7 nitrogen and oxygen atoms in total. The summed E-state index contributed by atoms with van der Waals surface area (Å²) in [5.41, 5.74) is 3.92. The number of pyridine rings is 1. The van der Waals surface area contributed by atoms with E-state index in [-0.39, 0.29) is 16.6 Å². The lowest BCUT2D eigenvalue weighted by Gasteiger charge is -2.26. The van der Waals surface area contributed by atoms with E-state index >= 15 is 0 Å². The van der Waals surface area contributed by atoms with Crippen molar-refractivity contribution in [1.29, 1.82) is 0 Å². The van der Waals surface area contributed by atoms with E-state index in [1.807, 2.05) is 42.5 Å². The number of hydrogen-bond donors (Lipinski definition) is 1.